The Kier molecular flexibility index (Phi) is 6.97. The molecule has 148 valence electrons. The van der Waals surface area contributed by atoms with Crippen LogP contribution >= 0.6 is 0 Å². The van der Waals surface area contributed by atoms with Crippen LogP contribution < -0.4 is 10.2 Å². The maximum Gasteiger partial charge on any atom is 0.292 e. The number of piperazine rings is 1. The van der Waals surface area contributed by atoms with Crippen LogP contribution in [0.4, 0.5) is 11.4 Å². The van der Waals surface area contributed by atoms with Crippen molar-refractivity contribution in [2.75, 3.05) is 44.2 Å². The van der Waals surface area contributed by atoms with Crippen molar-refractivity contribution in [2.45, 2.75) is 12.8 Å². The average Bonchev–Trinajstić information content (AvgIpc) is 2.72. The maximum atomic E-state index is 12.2. The van der Waals surface area contributed by atoms with Gasteiger partial charge in [-0.15, -0.1) is 0 Å². The second-order valence-corrected chi connectivity index (χ2v) is 6.95. The monoisotopic (exact) mass is 382 g/mol. The number of nitrogens with zero attached hydrogens (tertiary/aromatic N) is 3. The molecule has 1 saturated heterocycles. The lowest BCUT2D eigenvalue weighted by Crippen LogP contribution is -2.49. The Morgan fingerprint density at radius 2 is 1.68 bits per heavy atom. The number of nitro groups is 1. The summed E-state index contributed by atoms with van der Waals surface area (Å²) in [7, 11) is 0. The van der Waals surface area contributed by atoms with Gasteiger partial charge in [-0.25, -0.2) is 0 Å². The number of nitro benzene ring substituents is 1. The number of rotatable bonds is 8. The van der Waals surface area contributed by atoms with E-state index in [1.165, 1.54) is 11.6 Å². The summed E-state index contributed by atoms with van der Waals surface area (Å²) in [6, 6.07) is 17.1. The molecule has 3 rings (SSSR count). The second-order valence-electron chi connectivity index (χ2n) is 6.95. The third-order valence-corrected chi connectivity index (χ3v) is 4.97. The third-order valence-electron chi connectivity index (χ3n) is 4.97. The van der Waals surface area contributed by atoms with Gasteiger partial charge in [-0.05, 0) is 24.5 Å². The molecule has 0 unspecified atom stereocenters. The largest absolute Gasteiger partial charge is 0.363 e. The van der Waals surface area contributed by atoms with Crippen LogP contribution in [-0.4, -0.2) is 55.0 Å². The van der Waals surface area contributed by atoms with Gasteiger partial charge >= 0.3 is 0 Å². The Morgan fingerprint density at radius 1 is 1.00 bits per heavy atom. The van der Waals surface area contributed by atoms with Crippen LogP contribution in [0, 0.1) is 10.1 Å². The van der Waals surface area contributed by atoms with Gasteiger partial charge in [-0.2, -0.15) is 0 Å². The Hall–Kier alpha value is -2.93. The van der Waals surface area contributed by atoms with E-state index in [9.17, 15) is 14.9 Å². The van der Waals surface area contributed by atoms with E-state index in [1.54, 1.807) is 12.1 Å². The molecule has 0 bridgehead atoms. The number of hydrogen-bond acceptors (Lipinski definition) is 5. The lowest BCUT2D eigenvalue weighted by atomic mass is 10.1. The van der Waals surface area contributed by atoms with E-state index < -0.39 is 0 Å². The highest BCUT2D eigenvalue weighted by Crippen LogP contribution is 2.28. The molecule has 0 atom stereocenters. The first-order valence-electron chi connectivity index (χ1n) is 9.65. The van der Waals surface area contributed by atoms with Gasteiger partial charge in [0, 0.05) is 38.8 Å². The molecule has 1 fully saturated rings. The van der Waals surface area contributed by atoms with Crippen LogP contribution in [0.3, 0.4) is 0 Å². The molecule has 1 aliphatic heterocycles. The fourth-order valence-electron chi connectivity index (χ4n) is 3.46. The van der Waals surface area contributed by atoms with E-state index in [1.807, 2.05) is 29.2 Å². The number of aryl methyl sites for hydroxylation is 1. The van der Waals surface area contributed by atoms with Crippen LogP contribution in [0.2, 0.25) is 0 Å². The first kappa shape index (κ1) is 19.8. The normalized spacial score (nSPS) is 14.6. The zero-order valence-corrected chi connectivity index (χ0v) is 15.9. The number of anilines is 1. The molecule has 2 aromatic carbocycles. The molecule has 1 amide bonds. The van der Waals surface area contributed by atoms with Gasteiger partial charge < -0.3 is 10.2 Å². The number of hydrogen-bond donors (Lipinski definition) is 1. The molecule has 7 nitrogen and oxygen atoms in total. The second kappa shape index (κ2) is 9.85. The lowest BCUT2D eigenvalue weighted by molar-refractivity contribution is -0.384. The lowest BCUT2D eigenvalue weighted by Gasteiger charge is -2.35. The van der Waals surface area contributed by atoms with Gasteiger partial charge in [0.05, 0.1) is 11.5 Å². The summed E-state index contributed by atoms with van der Waals surface area (Å²) in [6.45, 7) is 3.81. The Balaban J connectivity index is 1.38. The zero-order chi connectivity index (χ0) is 19.8. The molecule has 1 N–H and O–H groups in total. The van der Waals surface area contributed by atoms with Gasteiger partial charge in [0.2, 0.25) is 5.91 Å². The van der Waals surface area contributed by atoms with E-state index in [4.69, 9.17) is 0 Å². The number of nitrogens with one attached hydrogen (secondary N) is 1. The number of benzene rings is 2. The minimum atomic E-state index is -0.343. The number of carbonyl (C=O) groups is 1. The van der Waals surface area contributed by atoms with Gasteiger partial charge in [0.15, 0.2) is 0 Å². The number of para-hydroxylation sites is 2. The highest BCUT2D eigenvalue weighted by molar-refractivity contribution is 5.78. The predicted octanol–water partition coefficient (Wildman–Crippen LogP) is 2.47. The van der Waals surface area contributed by atoms with Crippen molar-refractivity contribution in [2.24, 2.45) is 0 Å². The fourth-order valence-corrected chi connectivity index (χ4v) is 3.46. The van der Waals surface area contributed by atoms with Crippen LogP contribution in [0.15, 0.2) is 54.6 Å². The smallest absolute Gasteiger partial charge is 0.292 e. The SMILES string of the molecule is O=C(CN1CCN(c2ccccc2[N+](=O)[O-])CC1)NCCCc1ccccc1. The molecule has 1 aliphatic rings. The quantitative estimate of drug-likeness (QED) is 0.431. The van der Waals surface area contributed by atoms with Crippen molar-refractivity contribution in [3.05, 3.63) is 70.3 Å². The van der Waals surface area contributed by atoms with Crippen molar-refractivity contribution < 1.29 is 9.72 Å². The summed E-state index contributed by atoms with van der Waals surface area (Å²) in [6.07, 6.45) is 1.87. The van der Waals surface area contributed by atoms with Crippen LogP contribution in [-0.2, 0) is 11.2 Å². The van der Waals surface area contributed by atoms with Crippen LogP contribution in [0.25, 0.3) is 0 Å². The highest BCUT2D eigenvalue weighted by Gasteiger charge is 2.23. The maximum absolute atomic E-state index is 12.2. The minimum absolute atomic E-state index is 0.0344. The Bertz CT molecular complexity index is 789. The molecular formula is C21H26N4O3. The van der Waals surface area contributed by atoms with Crippen molar-refractivity contribution >= 4 is 17.3 Å². The van der Waals surface area contributed by atoms with E-state index in [0.29, 0.717) is 45.0 Å². The summed E-state index contributed by atoms with van der Waals surface area (Å²) >= 11 is 0. The van der Waals surface area contributed by atoms with Gasteiger partial charge in [0.25, 0.3) is 5.69 Å². The first-order chi connectivity index (χ1) is 13.6. The zero-order valence-electron chi connectivity index (χ0n) is 15.9. The molecule has 0 aliphatic carbocycles. The summed E-state index contributed by atoms with van der Waals surface area (Å²) in [5.74, 6) is 0.0344. The topological polar surface area (TPSA) is 78.7 Å². The minimum Gasteiger partial charge on any atom is -0.363 e. The Labute approximate surface area is 165 Å². The predicted molar refractivity (Wildman–Crippen MR) is 110 cm³/mol. The first-order valence-corrected chi connectivity index (χ1v) is 9.65. The standard InChI is InChI=1S/C21H26N4O3/c26-21(22-12-6-9-18-7-2-1-3-8-18)17-23-13-15-24(16-14-23)19-10-4-5-11-20(19)25(27)28/h1-5,7-8,10-11H,6,9,12-17H2,(H,22,26). The van der Waals surface area contributed by atoms with Gasteiger partial charge in [-0.1, -0.05) is 42.5 Å². The summed E-state index contributed by atoms with van der Waals surface area (Å²) in [5.41, 5.74) is 2.06. The van der Waals surface area contributed by atoms with E-state index >= 15 is 0 Å². The van der Waals surface area contributed by atoms with Crippen LogP contribution in [0.5, 0.6) is 0 Å². The van der Waals surface area contributed by atoms with Gasteiger partial charge in [0.1, 0.15) is 5.69 Å². The Morgan fingerprint density at radius 3 is 2.39 bits per heavy atom. The summed E-state index contributed by atoms with van der Waals surface area (Å²) in [4.78, 5) is 27.1. The summed E-state index contributed by atoms with van der Waals surface area (Å²) in [5, 5.41) is 14.2. The fraction of sp³-hybridized carbons (Fsp3) is 0.381. The average molecular weight is 382 g/mol. The molecule has 28 heavy (non-hydrogen) atoms. The summed E-state index contributed by atoms with van der Waals surface area (Å²) < 4.78 is 0. The highest BCUT2D eigenvalue weighted by atomic mass is 16.6. The van der Waals surface area contributed by atoms with Crippen molar-refractivity contribution in [1.29, 1.82) is 0 Å². The molecule has 0 aromatic heterocycles. The van der Waals surface area contributed by atoms with E-state index in [0.717, 1.165) is 12.8 Å². The number of carbonyl (C=O) groups excluding carboxylic acids is 1. The third kappa shape index (κ3) is 5.53. The molecule has 0 radical (unpaired) electrons. The van der Waals surface area contributed by atoms with Gasteiger partial charge in [-0.3, -0.25) is 19.8 Å². The molecule has 0 spiro atoms. The molecule has 0 saturated carbocycles. The van der Waals surface area contributed by atoms with Crippen LogP contribution in [0.1, 0.15) is 12.0 Å². The van der Waals surface area contributed by atoms with Crippen molar-refractivity contribution in [1.82, 2.24) is 10.2 Å². The van der Waals surface area contributed by atoms with Crippen molar-refractivity contribution in [3.8, 4) is 0 Å². The molecule has 7 heteroatoms. The van der Waals surface area contributed by atoms with Crippen molar-refractivity contribution in [3.63, 3.8) is 0 Å². The number of amides is 1. The molecular weight excluding hydrogens is 356 g/mol. The van der Waals surface area contributed by atoms with E-state index in [2.05, 4.69) is 22.3 Å². The molecule has 1 heterocycles. The molecule has 2 aromatic rings. The van der Waals surface area contributed by atoms with E-state index in [-0.39, 0.29) is 16.5 Å².